The number of hydrogen-bond acceptors (Lipinski definition) is 3. The molecular formula is C16H24N2O2. The molecule has 1 amide bonds. The number of hydrogen-bond donors (Lipinski definition) is 1. The average molecular weight is 276 g/mol. The van der Waals surface area contributed by atoms with Crippen LogP contribution >= 0.6 is 0 Å². The maximum atomic E-state index is 11.9. The van der Waals surface area contributed by atoms with E-state index in [9.17, 15) is 4.79 Å². The molecule has 0 heterocycles. The zero-order chi connectivity index (χ0) is 14.7. The molecule has 1 aliphatic rings. The highest BCUT2D eigenvalue weighted by atomic mass is 16.5. The molecular weight excluding hydrogens is 252 g/mol. The van der Waals surface area contributed by atoms with Crippen LogP contribution in [0.2, 0.25) is 0 Å². The average Bonchev–Trinajstić information content (AvgIpc) is 3.22. The van der Waals surface area contributed by atoms with E-state index in [4.69, 9.17) is 10.5 Å². The third-order valence-corrected chi connectivity index (χ3v) is 3.76. The van der Waals surface area contributed by atoms with Crippen molar-refractivity contribution in [1.29, 1.82) is 0 Å². The molecule has 1 fully saturated rings. The first-order valence-corrected chi connectivity index (χ1v) is 7.24. The largest absolute Gasteiger partial charge is 0.491 e. The van der Waals surface area contributed by atoms with Gasteiger partial charge in [-0.05, 0) is 44.7 Å². The number of carbonyl (C=O) groups is 1. The van der Waals surface area contributed by atoms with Gasteiger partial charge in [0.05, 0.1) is 12.6 Å². The van der Waals surface area contributed by atoms with Crippen LogP contribution in [0.3, 0.4) is 0 Å². The highest BCUT2D eigenvalue weighted by Crippen LogP contribution is 2.29. The standard InChI is InChI=1S/C16H24N2O2/c1-11-5-4-6-12(2)16(11)20-10-13(3)18(14-7-8-14)15(19)9-17/h4-6,13-14H,7-10,17H2,1-3H3. The van der Waals surface area contributed by atoms with Crippen LogP contribution in [0.4, 0.5) is 0 Å². The van der Waals surface area contributed by atoms with E-state index in [1.807, 2.05) is 43.9 Å². The number of nitrogens with zero attached hydrogens (tertiary/aromatic N) is 1. The maximum absolute atomic E-state index is 11.9. The van der Waals surface area contributed by atoms with Crippen molar-refractivity contribution >= 4 is 5.91 Å². The smallest absolute Gasteiger partial charge is 0.236 e. The summed E-state index contributed by atoms with van der Waals surface area (Å²) < 4.78 is 5.95. The molecule has 4 nitrogen and oxygen atoms in total. The maximum Gasteiger partial charge on any atom is 0.236 e. The van der Waals surface area contributed by atoms with Crippen molar-refractivity contribution in [3.63, 3.8) is 0 Å². The molecule has 0 saturated heterocycles. The van der Waals surface area contributed by atoms with E-state index >= 15 is 0 Å². The van der Waals surface area contributed by atoms with Crippen molar-refractivity contribution in [2.75, 3.05) is 13.2 Å². The number of ether oxygens (including phenoxy) is 1. The van der Waals surface area contributed by atoms with Gasteiger partial charge in [0.1, 0.15) is 12.4 Å². The lowest BCUT2D eigenvalue weighted by molar-refractivity contribution is -0.132. The minimum absolute atomic E-state index is 0.0186. The first-order chi connectivity index (χ1) is 9.54. The number of aryl methyl sites for hydroxylation is 2. The van der Waals surface area contributed by atoms with Crippen LogP contribution in [0.25, 0.3) is 0 Å². The first-order valence-electron chi connectivity index (χ1n) is 7.24. The van der Waals surface area contributed by atoms with Gasteiger partial charge in [0, 0.05) is 6.04 Å². The molecule has 1 aromatic carbocycles. The minimum Gasteiger partial charge on any atom is -0.491 e. The summed E-state index contributed by atoms with van der Waals surface area (Å²) in [5.41, 5.74) is 7.75. The molecule has 0 aliphatic heterocycles. The van der Waals surface area contributed by atoms with Crippen molar-refractivity contribution in [2.45, 2.75) is 45.7 Å². The molecule has 1 unspecified atom stereocenters. The van der Waals surface area contributed by atoms with Crippen molar-refractivity contribution in [1.82, 2.24) is 4.90 Å². The predicted octanol–water partition coefficient (Wildman–Crippen LogP) is 2.02. The molecule has 1 aliphatic carbocycles. The Morgan fingerprint density at radius 3 is 2.50 bits per heavy atom. The van der Waals surface area contributed by atoms with Crippen LogP contribution < -0.4 is 10.5 Å². The first kappa shape index (κ1) is 14.9. The van der Waals surface area contributed by atoms with E-state index in [2.05, 4.69) is 0 Å². The van der Waals surface area contributed by atoms with Crippen LogP contribution in [-0.2, 0) is 4.79 Å². The highest BCUT2D eigenvalue weighted by Gasteiger charge is 2.35. The number of para-hydroxylation sites is 1. The zero-order valence-corrected chi connectivity index (χ0v) is 12.6. The molecule has 0 spiro atoms. The number of amides is 1. The Morgan fingerprint density at radius 2 is 2.00 bits per heavy atom. The summed E-state index contributed by atoms with van der Waals surface area (Å²) >= 11 is 0. The topological polar surface area (TPSA) is 55.6 Å². The second-order valence-electron chi connectivity index (χ2n) is 5.62. The van der Waals surface area contributed by atoms with Gasteiger partial charge in [0.2, 0.25) is 5.91 Å². The van der Waals surface area contributed by atoms with E-state index in [1.54, 1.807) is 0 Å². The Balaban J connectivity index is 2.00. The number of rotatable bonds is 6. The van der Waals surface area contributed by atoms with Crippen molar-refractivity contribution in [2.24, 2.45) is 5.73 Å². The summed E-state index contributed by atoms with van der Waals surface area (Å²) in [4.78, 5) is 13.8. The predicted molar refractivity (Wildman–Crippen MR) is 79.8 cm³/mol. The molecule has 0 radical (unpaired) electrons. The van der Waals surface area contributed by atoms with Gasteiger partial charge in [-0.2, -0.15) is 0 Å². The van der Waals surface area contributed by atoms with Crippen molar-refractivity contribution in [3.05, 3.63) is 29.3 Å². The second kappa shape index (κ2) is 6.27. The number of benzene rings is 1. The number of carbonyl (C=O) groups excluding carboxylic acids is 1. The van der Waals surface area contributed by atoms with E-state index in [0.29, 0.717) is 12.6 Å². The summed E-state index contributed by atoms with van der Waals surface area (Å²) in [5, 5.41) is 0. The van der Waals surface area contributed by atoms with Gasteiger partial charge in [-0.3, -0.25) is 4.79 Å². The Kier molecular flexibility index (Phi) is 4.65. The SMILES string of the molecule is Cc1cccc(C)c1OCC(C)N(C(=O)CN)C1CC1. The van der Waals surface area contributed by atoms with Gasteiger partial charge in [0.15, 0.2) is 0 Å². The Labute approximate surface area is 120 Å². The Hall–Kier alpha value is -1.55. The van der Waals surface area contributed by atoms with Crippen LogP contribution in [0.1, 0.15) is 30.9 Å². The molecule has 1 saturated carbocycles. The van der Waals surface area contributed by atoms with Crippen molar-refractivity contribution in [3.8, 4) is 5.75 Å². The minimum atomic E-state index is 0.0186. The fourth-order valence-corrected chi connectivity index (χ4v) is 2.58. The molecule has 2 N–H and O–H groups in total. The molecule has 0 bridgehead atoms. The lowest BCUT2D eigenvalue weighted by Crippen LogP contribution is -2.46. The highest BCUT2D eigenvalue weighted by molar-refractivity contribution is 5.79. The summed E-state index contributed by atoms with van der Waals surface area (Å²) in [7, 11) is 0. The van der Waals surface area contributed by atoms with E-state index < -0.39 is 0 Å². The lowest BCUT2D eigenvalue weighted by atomic mass is 10.1. The van der Waals surface area contributed by atoms with Gasteiger partial charge in [0.25, 0.3) is 0 Å². The number of nitrogens with two attached hydrogens (primary N) is 1. The summed E-state index contributed by atoms with van der Waals surface area (Å²) in [5.74, 6) is 0.945. The van der Waals surface area contributed by atoms with Gasteiger partial charge in [-0.15, -0.1) is 0 Å². The molecule has 1 aromatic rings. The van der Waals surface area contributed by atoms with Crippen LogP contribution in [0.15, 0.2) is 18.2 Å². The zero-order valence-electron chi connectivity index (χ0n) is 12.6. The van der Waals surface area contributed by atoms with E-state index in [0.717, 1.165) is 29.7 Å². The van der Waals surface area contributed by atoms with Crippen LogP contribution in [0, 0.1) is 13.8 Å². The van der Waals surface area contributed by atoms with Crippen LogP contribution in [-0.4, -0.2) is 36.0 Å². The van der Waals surface area contributed by atoms with Gasteiger partial charge in [-0.1, -0.05) is 18.2 Å². The van der Waals surface area contributed by atoms with E-state index in [-0.39, 0.29) is 18.5 Å². The monoisotopic (exact) mass is 276 g/mol. The molecule has 0 aromatic heterocycles. The quantitative estimate of drug-likeness (QED) is 0.865. The summed E-state index contributed by atoms with van der Waals surface area (Å²) in [6.45, 7) is 6.69. The summed E-state index contributed by atoms with van der Waals surface area (Å²) in [6.07, 6.45) is 2.17. The van der Waals surface area contributed by atoms with Gasteiger partial charge in [-0.25, -0.2) is 0 Å². The molecule has 2 rings (SSSR count). The Morgan fingerprint density at radius 1 is 1.40 bits per heavy atom. The molecule has 20 heavy (non-hydrogen) atoms. The van der Waals surface area contributed by atoms with Gasteiger partial charge < -0.3 is 15.4 Å². The summed E-state index contributed by atoms with van der Waals surface area (Å²) in [6, 6.07) is 6.52. The lowest BCUT2D eigenvalue weighted by Gasteiger charge is -2.29. The third-order valence-electron chi connectivity index (χ3n) is 3.76. The normalized spacial score (nSPS) is 15.8. The molecule has 1 atom stereocenters. The molecule has 110 valence electrons. The van der Waals surface area contributed by atoms with Crippen molar-refractivity contribution < 1.29 is 9.53 Å². The fraction of sp³-hybridized carbons (Fsp3) is 0.562. The van der Waals surface area contributed by atoms with Crippen LogP contribution in [0.5, 0.6) is 5.75 Å². The Bertz CT molecular complexity index is 463. The van der Waals surface area contributed by atoms with Gasteiger partial charge >= 0.3 is 0 Å². The molecule has 4 heteroatoms. The second-order valence-corrected chi connectivity index (χ2v) is 5.62. The third kappa shape index (κ3) is 3.31. The van der Waals surface area contributed by atoms with E-state index in [1.165, 1.54) is 0 Å². The fourth-order valence-electron chi connectivity index (χ4n) is 2.58.